The summed E-state index contributed by atoms with van der Waals surface area (Å²) >= 11 is 0. The fourth-order valence-electron chi connectivity index (χ4n) is 1.96. The Hall–Kier alpha value is -1.00. The minimum atomic E-state index is -0.461. The van der Waals surface area contributed by atoms with Gasteiger partial charge >= 0.3 is 0 Å². The van der Waals surface area contributed by atoms with Crippen molar-refractivity contribution in [3.05, 3.63) is 35.4 Å². The number of nitrogens with zero attached hydrogens (tertiary/aromatic N) is 1. The Kier molecular flexibility index (Phi) is 6.22. The van der Waals surface area contributed by atoms with Gasteiger partial charge in [0.1, 0.15) is 11.6 Å². The van der Waals surface area contributed by atoms with Crippen molar-refractivity contribution in [3.63, 3.8) is 0 Å². The molecule has 1 N–H and O–H groups in total. The van der Waals surface area contributed by atoms with Gasteiger partial charge in [0.15, 0.2) is 0 Å². The summed E-state index contributed by atoms with van der Waals surface area (Å²) in [5.74, 6) is -0.922. The molecule has 0 bridgehead atoms. The van der Waals surface area contributed by atoms with E-state index in [9.17, 15) is 8.78 Å². The summed E-state index contributed by atoms with van der Waals surface area (Å²) in [4.78, 5) is 2.02. The van der Waals surface area contributed by atoms with Crippen LogP contribution < -0.4 is 5.32 Å². The Bertz CT molecular complexity index is 347. The van der Waals surface area contributed by atoms with E-state index < -0.39 is 11.6 Å². The number of halogens is 2. The van der Waals surface area contributed by atoms with Crippen molar-refractivity contribution in [2.75, 3.05) is 27.2 Å². The van der Waals surface area contributed by atoms with Gasteiger partial charge in [0.05, 0.1) is 0 Å². The van der Waals surface area contributed by atoms with Crippen LogP contribution in [0.4, 0.5) is 8.78 Å². The van der Waals surface area contributed by atoms with Gasteiger partial charge in [0, 0.05) is 18.2 Å². The molecule has 0 radical (unpaired) electrons. The van der Waals surface area contributed by atoms with E-state index in [1.165, 1.54) is 18.2 Å². The minimum Gasteiger partial charge on any atom is -0.312 e. The molecule has 18 heavy (non-hydrogen) atoms. The molecule has 0 amide bonds. The fourth-order valence-corrected chi connectivity index (χ4v) is 1.96. The Labute approximate surface area is 108 Å². The smallest absolute Gasteiger partial charge is 0.129 e. The van der Waals surface area contributed by atoms with Crippen LogP contribution in [0.25, 0.3) is 0 Å². The lowest BCUT2D eigenvalue weighted by atomic mass is 10.0. The lowest BCUT2D eigenvalue weighted by Crippen LogP contribution is -2.40. The molecule has 1 rings (SSSR count). The van der Waals surface area contributed by atoms with Crippen LogP contribution >= 0.6 is 0 Å². The number of hydrogen-bond acceptors (Lipinski definition) is 2. The van der Waals surface area contributed by atoms with Crippen LogP contribution in [0.3, 0.4) is 0 Å². The quantitative estimate of drug-likeness (QED) is 0.806. The predicted molar refractivity (Wildman–Crippen MR) is 70.7 cm³/mol. The van der Waals surface area contributed by atoms with Crippen LogP contribution in [0, 0.1) is 11.6 Å². The first-order chi connectivity index (χ1) is 8.54. The van der Waals surface area contributed by atoms with Gasteiger partial charge in [-0.3, -0.25) is 0 Å². The Morgan fingerprint density at radius 1 is 1.22 bits per heavy atom. The Morgan fingerprint density at radius 3 is 2.33 bits per heavy atom. The zero-order valence-corrected chi connectivity index (χ0v) is 11.3. The number of benzene rings is 1. The van der Waals surface area contributed by atoms with Gasteiger partial charge in [-0.05, 0) is 45.6 Å². The molecular weight excluding hydrogens is 234 g/mol. The molecule has 0 heterocycles. The highest BCUT2D eigenvalue weighted by atomic mass is 19.1. The van der Waals surface area contributed by atoms with Gasteiger partial charge in [-0.15, -0.1) is 0 Å². The molecule has 0 saturated heterocycles. The third-order valence-corrected chi connectivity index (χ3v) is 2.78. The molecule has 0 fully saturated rings. The first kappa shape index (κ1) is 15.1. The summed E-state index contributed by atoms with van der Waals surface area (Å²) in [6, 6.07) is 4.08. The van der Waals surface area contributed by atoms with Gasteiger partial charge in [0.25, 0.3) is 0 Å². The van der Waals surface area contributed by atoms with Gasteiger partial charge < -0.3 is 10.2 Å². The molecule has 0 saturated carbocycles. The maximum atomic E-state index is 13.6. The van der Waals surface area contributed by atoms with Crippen LogP contribution in [0.5, 0.6) is 0 Å². The van der Waals surface area contributed by atoms with Gasteiger partial charge in [-0.25, -0.2) is 8.78 Å². The lowest BCUT2D eigenvalue weighted by Gasteiger charge is -2.22. The van der Waals surface area contributed by atoms with Crippen LogP contribution in [-0.4, -0.2) is 38.1 Å². The maximum absolute atomic E-state index is 13.6. The molecule has 0 spiro atoms. The highest BCUT2D eigenvalue weighted by Gasteiger charge is 2.15. The average Bonchev–Trinajstić information content (AvgIpc) is 2.30. The van der Waals surface area contributed by atoms with Crippen molar-refractivity contribution in [1.29, 1.82) is 0 Å². The molecule has 4 heteroatoms. The first-order valence-corrected chi connectivity index (χ1v) is 6.35. The Morgan fingerprint density at radius 2 is 1.83 bits per heavy atom. The second-order valence-corrected chi connectivity index (χ2v) is 4.82. The molecule has 2 nitrogen and oxygen atoms in total. The molecule has 1 atom stereocenters. The molecule has 0 aromatic heterocycles. The van der Waals surface area contributed by atoms with Gasteiger partial charge in [0.2, 0.25) is 0 Å². The van der Waals surface area contributed by atoms with E-state index in [1.54, 1.807) is 0 Å². The zero-order valence-electron chi connectivity index (χ0n) is 11.3. The van der Waals surface area contributed by atoms with Crippen molar-refractivity contribution in [2.45, 2.75) is 25.8 Å². The second kappa shape index (κ2) is 7.44. The van der Waals surface area contributed by atoms with Crippen molar-refractivity contribution in [3.8, 4) is 0 Å². The van der Waals surface area contributed by atoms with E-state index in [-0.39, 0.29) is 11.6 Å². The van der Waals surface area contributed by atoms with E-state index in [0.29, 0.717) is 6.42 Å². The van der Waals surface area contributed by atoms with Crippen LogP contribution in [-0.2, 0) is 6.42 Å². The monoisotopic (exact) mass is 256 g/mol. The molecular formula is C14H22F2N2. The third kappa shape index (κ3) is 4.70. The van der Waals surface area contributed by atoms with Crippen molar-refractivity contribution >= 4 is 0 Å². The summed E-state index contributed by atoms with van der Waals surface area (Å²) < 4.78 is 27.2. The topological polar surface area (TPSA) is 15.3 Å². The lowest BCUT2D eigenvalue weighted by molar-refractivity contribution is 0.332. The average molecular weight is 256 g/mol. The van der Waals surface area contributed by atoms with Gasteiger partial charge in [-0.2, -0.15) is 0 Å². The summed E-state index contributed by atoms with van der Waals surface area (Å²) in [6.45, 7) is 3.69. The maximum Gasteiger partial charge on any atom is 0.129 e. The Balaban J connectivity index is 2.75. The number of nitrogens with one attached hydrogen (secondary N) is 1. The van der Waals surface area contributed by atoms with Gasteiger partial charge in [-0.1, -0.05) is 13.0 Å². The zero-order chi connectivity index (χ0) is 13.5. The molecule has 1 aromatic rings. The summed E-state index contributed by atoms with van der Waals surface area (Å²) in [5.41, 5.74) is 0.174. The summed E-state index contributed by atoms with van der Waals surface area (Å²) in [5, 5.41) is 3.33. The fraction of sp³-hybridized carbons (Fsp3) is 0.571. The second-order valence-electron chi connectivity index (χ2n) is 4.82. The van der Waals surface area contributed by atoms with Crippen LogP contribution in [0.15, 0.2) is 18.2 Å². The van der Waals surface area contributed by atoms with E-state index in [0.717, 1.165) is 19.5 Å². The number of likely N-dealkylation sites (N-methyl/N-ethyl adjacent to an activating group) is 1. The molecule has 0 aliphatic carbocycles. The van der Waals surface area contributed by atoms with E-state index in [2.05, 4.69) is 12.2 Å². The molecule has 1 unspecified atom stereocenters. The first-order valence-electron chi connectivity index (χ1n) is 6.35. The van der Waals surface area contributed by atoms with E-state index >= 15 is 0 Å². The highest BCUT2D eigenvalue weighted by Crippen LogP contribution is 2.14. The van der Waals surface area contributed by atoms with Crippen molar-refractivity contribution in [2.24, 2.45) is 0 Å². The molecule has 0 aliphatic rings. The number of rotatable bonds is 7. The van der Waals surface area contributed by atoms with Crippen LogP contribution in [0.2, 0.25) is 0 Å². The van der Waals surface area contributed by atoms with E-state index in [4.69, 9.17) is 0 Å². The van der Waals surface area contributed by atoms with Crippen molar-refractivity contribution in [1.82, 2.24) is 10.2 Å². The predicted octanol–water partition coefficient (Wildman–Crippen LogP) is 2.44. The van der Waals surface area contributed by atoms with Crippen LogP contribution in [0.1, 0.15) is 18.9 Å². The molecule has 102 valence electrons. The SMILES string of the molecule is CCCNC(Cc1c(F)cccc1F)CN(C)C. The number of hydrogen-bond donors (Lipinski definition) is 1. The molecule has 0 aliphatic heterocycles. The third-order valence-electron chi connectivity index (χ3n) is 2.78. The van der Waals surface area contributed by atoms with Crippen molar-refractivity contribution < 1.29 is 8.78 Å². The van der Waals surface area contributed by atoms with E-state index in [1.807, 2.05) is 19.0 Å². The standard InChI is InChI=1S/C14H22F2N2/c1-4-8-17-11(10-18(2)3)9-12-13(15)6-5-7-14(12)16/h5-7,11,17H,4,8-10H2,1-3H3. The highest BCUT2D eigenvalue weighted by molar-refractivity contribution is 5.20. The molecule has 1 aromatic carbocycles. The summed E-state index contributed by atoms with van der Waals surface area (Å²) in [7, 11) is 3.91. The normalized spacial score (nSPS) is 13.0. The summed E-state index contributed by atoms with van der Waals surface area (Å²) in [6.07, 6.45) is 1.38. The largest absolute Gasteiger partial charge is 0.312 e. The minimum absolute atomic E-state index is 0.0614.